The number of hydrogen-bond acceptors (Lipinski definition) is 3. The maximum Gasteiger partial charge on any atom is 0.0697 e. The third-order valence-corrected chi connectivity index (χ3v) is 7.90. The lowest BCUT2D eigenvalue weighted by Crippen LogP contribution is -2.41. The van der Waals surface area contributed by atoms with Gasteiger partial charge in [0.25, 0.3) is 0 Å². The topological polar surface area (TPSA) is 20.2 Å². The van der Waals surface area contributed by atoms with Crippen LogP contribution in [-0.4, -0.2) is 33.2 Å². The fraction of sp³-hybridized carbons (Fsp3) is 1.00. The monoisotopic (exact) mass is 274 g/mol. The second-order valence-electron chi connectivity index (χ2n) is 5.93. The largest absolute Gasteiger partial charge is 0.392 e. The highest BCUT2D eigenvalue weighted by Gasteiger charge is 2.37. The molecule has 1 aliphatic carbocycles. The zero-order valence-electron chi connectivity index (χ0n) is 11.3. The molecule has 0 radical (unpaired) electrons. The molecule has 1 nitrogen and oxygen atoms in total. The van der Waals surface area contributed by atoms with E-state index in [2.05, 4.69) is 20.8 Å². The van der Waals surface area contributed by atoms with E-state index in [0.717, 1.165) is 11.8 Å². The van der Waals surface area contributed by atoms with Crippen molar-refractivity contribution in [1.82, 2.24) is 0 Å². The van der Waals surface area contributed by atoms with E-state index in [9.17, 15) is 5.11 Å². The molecule has 1 N–H and O–H groups in total. The predicted molar refractivity (Wildman–Crippen MR) is 79.8 cm³/mol. The third kappa shape index (κ3) is 3.36. The Morgan fingerprint density at radius 1 is 1.00 bits per heavy atom. The van der Waals surface area contributed by atoms with Crippen molar-refractivity contribution in [3.8, 4) is 0 Å². The van der Waals surface area contributed by atoms with Crippen molar-refractivity contribution in [1.29, 1.82) is 0 Å². The molecule has 1 saturated carbocycles. The minimum atomic E-state index is -0.0715. The molecule has 1 heterocycles. The quantitative estimate of drug-likeness (QED) is 0.830. The van der Waals surface area contributed by atoms with E-state index in [1.54, 1.807) is 0 Å². The van der Waals surface area contributed by atoms with E-state index in [0.29, 0.717) is 16.4 Å². The van der Waals surface area contributed by atoms with E-state index in [-0.39, 0.29) is 6.10 Å². The first-order chi connectivity index (χ1) is 8.09. The first-order valence-corrected chi connectivity index (χ1v) is 9.10. The molecule has 6 atom stereocenters. The first kappa shape index (κ1) is 14.1. The highest BCUT2D eigenvalue weighted by Crippen LogP contribution is 2.41. The van der Waals surface area contributed by atoms with Gasteiger partial charge in [-0.15, -0.1) is 0 Å². The maximum atomic E-state index is 10.6. The fourth-order valence-corrected chi connectivity index (χ4v) is 6.12. The Labute approximate surface area is 115 Å². The molecule has 2 aliphatic rings. The van der Waals surface area contributed by atoms with Crippen molar-refractivity contribution in [2.45, 2.75) is 56.6 Å². The molecule has 1 aliphatic heterocycles. The summed E-state index contributed by atoms with van der Waals surface area (Å²) in [6.45, 7) is 7.01. The van der Waals surface area contributed by atoms with Crippen LogP contribution < -0.4 is 0 Å². The summed E-state index contributed by atoms with van der Waals surface area (Å²) in [5.74, 6) is 4.67. The van der Waals surface area contributed by atoms with Crippen LogP contribution in [0.25, 0.3) is 0 Å². The first-order valence-electron chi connectivity index (χ1n) is 7.01. The second kappa shape index (κ2) is 6.21. The van der Waals surface area contributed by atoms with Gasteiger partial charge in [0.05, 0.1) is 6.10 Å². The van der Waals surface area contributed by atoms with Crippen molar-refractivity contribution in [3.05, 3.63) is 0 Å². The van der Waals surface area contributed by atoms with Crippen LogP contribution in [0.3, 0.4) is 0 Å². The number of aliphatic hydroxyl groups is 1. The van der Waals surface area contributed by atoms with Gasteiger partial charge in [0, 0.05) is 22.0 Å². The van der Waals surface area contributed by atoms with Gasteiger partial charge in [0.1, 0.15) is 0 Å². The van der Waals surface area contributed by atoms with Crippen molar-refractivity contribution < 1.29 is 5.11 Å². The lowest BCUT2D eigenvalue weighted by Gasteiger charge is -2.40. The molecule has 3 heteroatoms. The predicted octanol–water partition coefficient (Wildman–Crippen LogP) is 3.66. The fourth-order valence-electron chi connectivity index (χ4n) is 3.19. The summed E-state index contributed by atoms with van der Waals surface area (Å²) in [6.07, 6.45) is 3.71. The van der Waals surface area contributed by atoms with E-state index in [1.807, 2.05) is 23.5 Å². The van der Waals surface area contributed by atoms with E-state index in [1.165, 1.54) is 30.8 Å². The molecule has 1 saturated heterocycles. The molecular weight excluding hydrogens is 248 g/mol. The Bertz CT molecular complexity index is 246. The van der Waals surface area contributed by atoms with Crippen LogP contribution in [-0.2, 0) is 0 Å². The summed E-state index contributed by atoms with van der Waals surface area (Å²) < 4.78 is 0. The molecule has 100 valence electrons. The average molecular weight is 274 g/mol. The van der Waals surface area contributed by atoms with Crippen LogP contribution in [0.4, 0.5) is 0 Å². The van der Waals surface area contributed by atoms with Gasteiger partial charge in [0.2, 0.25) is 0 Å². The summed E-state index contributed by atoms with van der Waals surface area (Å²) >= 11 is 4.04. The van der Waals surface area contributed by atoms with Crippen LogP contribution in [0, 0.1) is 17.8 Å². The lowest BCUT2D eigenvalue weighted by molar-refractivity contribution is 0.0553. The smallest absolute Gasteiger partial charge is 0.0697 e. The number of thioether (sulfide) groups is 2. The van der Waals surface area contributed by atoms with Gasteiger partial charge >= 0.3 is 0 Å². The molecule has 2 rings (SSSR count). The number of rotatable bonds is 2. The molecule has 0 spiro atoms. The summed E-state index contributed by atoms with van der Waals surface area (Å²) in [4.78, 5) is 0. The van der Waals surface area contributed by atoms with E-state index >= 15 is 0 Å². The van der Waals surface area contributed by atoms with Gasteiger partial charge in [-0.3, -0.25) is 0 Å². The van der Waals surface area contributed by atoms with Crippen LogP contribution in [0.15, 0.2) is 0 Å². The summed E-state index contributed by atoms with van der Waals surface area (Å²) in [7, 11) is 0. The van der Waals surface area contributed by atoms with Gasteiger partial charge < -0.3 is 5.11 Å². The minimum Gasteiger partial charge on any atom is -0.392 e. The van der Waals surface area contributed by atoms with Gasteiger partial charge in [-0.2, -0.15) is 23.5 Å². The molecule has 0 aromatic heterocycles. The number of hydrogen-bond donors (Lipinski definition) is 1. The van der Waals surface area contributed by atoms with Crippen molar-refractivity contribution in [3.63, 3.8) is 0 Å². The molecule has 0 bridgehead atoms. The molecule has 6 unspecified atom stereocenters. The molecule has 2 fully saturated rings. The standard InChI is InChI=1S/C14H26OS2/c1-9-4-5-12(8-10(9)2)13(15)14-11(3)16-6-7-17-14/h9-15H,4-8H2,1-3H3. The van der Waals surface area contributed by atoms with Gasteiger partial charge in [0.15, 0.2) is 0 Å². The van der Waals surface area contributed by atoms with Gasteiger partial charge in [-0.25, -0.2) is 0 Å². The van der Waals surface area contributed by atoms with Gasteiger partial charge in [-0.05, 0) is 30.6 Å². The summed E-state index contributed by atoms with van der Waals surface area (Å²) in [5, 5.41) is 11.7. The van der Waals surface area contributed by atoms with Crippen LogP contribution >= 0.6 is 23.5 Å². The van der Waals surface area contributed by atoms with Crippen LogP contribution in [0.1, 0.15) is 40.0 Å². The SMILES string of the molecule is CC1CCC(C(O)C2SCCSC2C)CC1C. The highest BCUT2D eigenvalue weighted by atomic mass is 32.2. The molecular formula is C14H26OS2. The Hall–Kier alpha value is 0.660. The normalized spacial score (nSPS) is 45.5. The second-order valence-corrected chi connectivity index (χ2v) is 8.70. The van der Waals surface area contributed by atoms with Crippen LogP contribution in [0.2, 0.25) is 0 Å². The molecule has 17 heavy (non-hydrogen) atoms. The molecule has 0 aromatic rings. The van der Waals surface area contributed by atoms with Gasteiger partial charge in [-0.1, -0.05) is 27.2 Å². The zero-order chi connectivity index (χ0) is 12.4. The Kier molecular flexibility index (Phi) is 5.14. The van der Waals surface area contributed by atoms with Crippen molar-refractivity contribution >= 4 is 23.5 Å². The molecule has 0 amide bonds. The highest BCUT2D eigenvalue weighted by molar-refractivity contribution is 8.07. The van der Waals surface area contributed by atoms with E-state index < -0.39 is 0 Å². The average Bonchev–Trinajstić information content (AvgIpc) is 2.32. The third-order valence-electron chi connectivity index (χ3n) is 4.70. The Balaban J connectivity index is 1.92. The Morgan fingerprint density at radius 3 is 2.35 bits per heavy atom. The lowest BCUT2D eigenvalue weighted by atomic mass is 9.73. The van der Waals surface area contributed by atoms with Crippen LogP contribution in [0.5, 0.6) is 0 Å². The van der Waals surface area contributed by atoms with Crippen molar-refractivity contribution in [2.24, 2.45) is 17.8 Å². The van der Waals surface area contributed by atoms with Crippen molar-refractivity contribution in [2.75, 3.05) is 11.5 Å². The minimum absolute atomic E-state index is 0.0715. The molecule has 0 aromatic carbocycles. The van der Waals surface area contributed by atoms with E-state index in [4.69, 9.17) is 0 Å². The number of aliphatic hydroxyl groups excluding tert-OH is 1. The maximum absolute atomic E-state index is 10.6. The Morgan fingerprint density at radius 2 is 1.71 bits per heavy atom. The summed E-state index contributed by atoms with van der Waals surface area (Å²) in [5.41, 5.74) is 0. The zero-order valence-corrected chi connectivity index (χ0v) is 12.9. The summed E-state index contributed by atoms with van der Waals surface area (Å²) in [6, 6.07) is 0.